The number of hydrogen-bond donors (Lipinski definition) is 0. The fourth-order valence-corrected chi connectivity index (χ4v) is 3.22. The summed E-state index contributed by atoms with van der Waals surface area (Å²) in [6.45, 7) is 7.80. The molecule has 20 heavy (non-hydrogen) atoms. The highest BCUT2D eigenvalue weighted by Crippen LogP contribution is 2.30. The van der Waals surface area contributed by atoms with Gasteiger partial charge in [-0.2, -0.15) is 5.26 Å². The minimum atomic E-state index is 0.641. The Bertz CT molecular complexity index is 479. The second-order valence-corrected chi connectivity index (χ2v) is 6.45. The van der Waals surface area contributed by atoms with Gasteiger partial charge in [-0.25, -0.2) is 0 Å². The molecule has 0 amide bonds. The van der Waals surface area contributed by atoms with Crippen LogP contribution in [0.1, 0.15) is 57.1 Å². The highest BCUT2D eigenvalue weighted by Gasteiger charge is 2.23. The summed E-state index contributed by atoms with van der Waals surface area (Å²) >= 11 is 0. The molecule has 0 unspecified atom stereocenters. The Labute approximate surface area is 123 Å². The molecular weight excluding hydrogens is 244 g/mol. The molecule has 1 aliphatic carbocycles. The molecule has 1 saturated carbocycles. The molecule has 0 heterocycles. The van der Waals surface area contributed by atoms with Crippen molar-refractivity contribution >= 4 is 5.69 Å². The first-order chi connectivity index (χ1) is 9.61. The quantitative estimate of drug-likeness (QED) is 0.795. The summed E-state index contributed by atoms with van der Waals surface area (Å²) in [5.74, 6) is 0.641. The first-order valence-corrected chi connectivity index (χ1v) is 7.89. The van der Waals surface area contributed by atoms with Crippen molar-refractivity contribution in [3.8, 4) is 6.07 Å². The van der Waals surface area contributed by atoms with E-state index < -0.39 is 0 Å². The third-order valence-corrected chi connectivity index (χ3v) is 4.22. The number of anilines is 1. The van der Waals surface area contributed by atoms with Crippen molar-refractivity contribution < 1.29 is 0 Å². The van der Waals surface area contributed by atoms with Crippen LogP contribution in [0, 0.1) is 24.2 Å². The number of aryl methyl sites for hydroxylation is 1. The van der Waals surface area contributed by atoms with Crippen LogP contribution in [-0.2, 0) is 0 Å². The first kappa shape index (κ1) is 14.9. The van der Waals surface area contributed by atoms with Crippen LogP contribution < -0.4 is 4.90 Å². The number of nitrogens with zero attached hydrogens (tertiary/aromatic N) is 2. The Hall–Kier alpha value is -1.49. The lowest BCUT2D eigenvalue weighted by Crippen LogP contribution is -2.39. The van der Waals surface area contributed by atoms with E-state index in [1.54, 1.807) is 0 Å². The van der Waals surface area contributed by atoms with Gasteiger partial charge >= 0.3 is 0 Å². The van der Waals surface area contributed by atoms with Gasteiger partial charge in [-0.3, -0.25) is 0 Å². The summed E-state index contributed by atoms with van der Waals surface area (Å²) in [7, 11) is 0. The SMILES string of the molecule is Cc1ccc(C#N)cc1N(CC(C)C)C1CCCCC1. The summed E-state index contributed by atoms with van der Waals surface area (Å²) < 4.78 is 0. The van der Waals surface area contributed by atoms with Crippen molar-refractivity contribution in [2.24, 2.45) is 5.92 Å². The molecular formula is C18H26N2. The Morgan fingerprint density at radius 3 is 2.55 bits per heavy atom. The topological polar surface area (TPSA) is 27.0 Å². The van der Waals surface area contributed by atoms with Crippen LogP contribution >= 0.6 is 0 Å². The Morgan fingerprint density at radius 1 is 1.25 bits per heavy atom. The van der Waals surface area contributed by atoms with Gasteiger partial charge < -0.3 is 4.90 Å². The maximum atomic E-state index is 9.16. The Balaban J connectivity index is 2.32. The molecule has 1 aromatic carbocycles. The molecule has 0 atom stereocenters. The predicted molar refractivity (Wildman–Crippen MR) is 85.0 cm³/mol. The predicted octanol–water partition coefficient (Wildman–Crippen LogP) is 4.66. The average Bonchev–Trinajstić information content (AvgIpc) is 2.46. The van der Waals surface area contributed by atoms with Crippen LogP contribution in [0.25, 0.3) is 0 Å². The first-order valence-electron chi connectivity index (χ1n) is 7.89. The number of rotatable bonds is 4. The van der Waals surface area contributed by atoms with Crippen molar-refractivity contribution in [3.05, 3.63) is 29.3 Å². The fourth-order valence-electron chi connectivity index (χ4n) is 3.22. The third kappa shape index (κ3) is 3.54. The molecule has 108 valence electrons. The van der Waals surface area contributed by atoms with Crippen molar-refractivity contribution in [1.29, 1.82) is 5.26 Å². The van der Waals surface area contributed by atoms with Gasteiger partial charge in [0, 0.05) is 18.3 Å². The van der Waals surface area contributed by atoms with Crippen LogP contribution in [0.5, 0.6) is 0 Å². The molecule has 2 nitrogen and oxygen atoms in total. The van der Waals surface area contributed by atoms with Crippen LogP contribution in [0.2, 0.25) is 0 Å². The van der Waals surface area contributed by atoms with E-state index in [9.17, 15) is 0 Å². The van der Waals surface area contributed by atoms with Gasteiger partial charge in [-0.15, -0.1) is 0 Å². The molecule has 0 radical (unpaired) electrons. The highest BCUT2D eigenvalue weighted by atomic mass is 15.2. The van der Waals surface area contributed by atoms with Crippen LogP contribution in [0.4, 0.5) is 5.69 Å². The smallest absolute Gasteiger partial charge is 0.0992 e. The van der Waals surface area contributed by atoms with Crippen LogP contribution in [0.15, 0.2) is 18.2 Å². The standard InChI is InChI=1S/C18H26N2/c1-14(2)13-20(17-7-5-4-6-8-17)18-11-16(12-19)10-9-15(18)3/h9-11,14,17H,4-8,13H2,1-3H3. The van der Waals surface area contributed by atoms with Crippen molar-refractivity contribution in [3.63, 3.8) is 0 Å². The molecule has 0 aromatic heterocycles. The van der Waals surface area contributed by atoms with Gasteiger partial charge in [-0.05, 0) is 43.4 Å². The third-order valence-electron chi connectivity index (χ3n) is 4.22. The van der Waals surface area contributed by atoms with Gasteiger partial charge in [0.2, 0.25) is 0 Å². The summed E-state index contributed by atoms with van der Waals surface area (Å²) in [5.41, 5.74) is 3.33. The van der Waals surface area contributed by atoms with Gasteiger partial charge in [0.25, 0.3) is 0 Å². The summed E-state index contributed by atoms with van der Waals surface area (Å²) in [6, 6.07) is 9.02. The molecule has 2 heteroatoms. The maximum Gasteiger partial charge on any atom is 0.0992 e. The molecule has 0 N–H and O–H groups in total. The lowest BCUT2D eigenvalue weighted by atomic mass is 9.92. The van der Waals surface area contributed by atoms with Crippen LogP contribution in [0.3, 0.4) is 0 Å². The summed E-state index contributed by atoms with van der Waals surface area (Å²) in [6.07, 6.45) is 6.65. The fraction of sp³-hybridized carbons (Fsp3) is 0.611. The van der Waals surface area contributed by atoms with E-state index in [4.69, 9.17) is 5.26 Å². The van der Waals surface area contributed by atoms with E-state index in [1.165, 1.54) is 43.4 Å². The second-order valence-electron chi connectivity index (χ2n) is 6.45. The lowest BCUT2D eigenvalue weighted by Gasteiger charge is -2.38. The molecule has 1 fully saturated rings. The second kappa shape index (κ2) is 6.79. The molecule has 1 aromatic rings. The van der Waals surface area contributed by atoms with Gasteiger partial charge in [0.15, 0.2) is 0 Å². The van der Waals surface area contributed by atoms with Crippen molar-refractivity contribution in [1.82, 2.24) is 0 Å². The molecule has 0 spiro atoms. The maximum absolute atomic E-state index is 9.16. The van der Waals surface area contributed by atoms with E-state index in [1.807, 2.05) is 6.07 Å². The Kier molecular flexibility index (Phi) is 5.06. The highest BCUT2D eigenvalue weighted by molar-refractivity contribution is 5.58. The number of benzene rings is 1. The number of hydrogen-bond acceptors (Lipinski definition) is 2. The van der Waals surface area contributed by atoms with E-state index in [-0.39, 0.29) is 0 Å². The van der Waals surface area contributed by atoms with Gasteiger partial charge in [0.05, 0.1) is 11.6 Å². The molecule has 0 aliphatic heterocycles. The minimum absolute atomic E-state index is 0.641. The zero-order chi connectivity index (χ0) is 14.5. The minimum Gasteiger partial charge on any atom is -0.368 e. The van der Waals surface area contributed by atoms with E-state index in [0.29, 0.717) is 12.0 Å². The number of nitriles is 1. The van der Waals surface area contributed by atoms with Crippen molar-refractivity contribution in [2.75, 3.05) is 11.4 Å². The molecule has 1 aliphatic rings. The Morgan fingerprint density at radius 2 is 1.95 bits per heavy atom. The van der Waals surface area contributed by atoms with E-state index in [0.717, 1.165) is 12.1 Å². The summed E-state index contributed by atoms with van der Waals surface area (Å²) in [5, 5.41) is 9.16. The summed E-state index contributed by atoms with van der Waals surface area (Å²) in [4.78, 5) is 2.57. The normalized spacial score (nSPS) is 16.1. The molecule has 0 bridgehead atoms. The molecule has 0 saturated heterocycles. The largest absolute Gasteiger partial charge is 0.368 e. The van der Waals surface area contributed by atoms with Gasteiger partial charge in [0.1, 0.15) is 0 Å². The monoisotopic (exact) mass is 270 g/mol. The van der Waals surface area contributed by atoms with E-state index >= 15 is 0 Å². The van der Waals surface area contributed by atoms with Gasteiger partial charge in [-0.1, -0.05) is 39.2 Å². The van der Waals surface area contributed by atoms with E-state index in [2.05, 4.69) is 43.9 Å². The molecule has 2 rings (SSSR count). The zero-order valence-corrected chi connectivity index (χ0v) is 13.0. The average molecular weight is 270 g/mol. The lowest BCUT2D eigenvalue weighted by molar-refractivity contribution is 0.401. The van der Waals surface area contributed by atoms with Crippen molar-refractivity contribution in [2.45, 2.75) is 58.9 Å². The van der Waals surface area contributed by atoms with Crippen LogP contribution in [-0.4, -0.2) is 12.6 Å². The zero-order valence-electron chi connectivity index (χ0n) is 13.0.